The van der Waals surface area contributed by atoms with E-state index in [1.807, 2.05) is 13.8 Å². The molecule has 0 heterocycles. The van der Waals surface area contributed by atoms with E-state index >= 15 is 0 Å². The van der Waals surface area contributed by atoms with Crippen LogP contribution in [-0.4, -0.2) is 35.0 Å². The average Bonchev–Trinajstić information content (AvgIpc) is 1.85. The van der Waals surface area contributed by atoms with Crippen molar-refractivity contribution in [3.8, 4) is 0 Å². The third-order valence-corrected chi connectivity index (χ3v) is 1.80. The van der Waals surface area contributed by atoms with Crippen LogP contribution in [0, 0.1) is 5.92 Å². The van der Waals surface area contributed by atoms with Crippen LogP contribution in [0.15, 0.2) is 0 Å². The van der Waals surface area contributed by atoms with Crippen molar-refractivity contribution < 1.29 is 10.2 Å². The molecule has 0 fully saturated rings. The van der Waals surface area contributed by atoms with Crippen LogP contribution in [0.5, 0.6) is 0 Å². The van der Waals surface area contributed by atoms with Crippen molar-refractivity contribution >= 4 is 0 Å². The van der Waals surface area contributed by atoms with Gasteiger partial charge in [-0.2, -0.15) is 0 Å². The summed E-state index contributed by atoms with van der Waals surface area (Å²) in [7, 11) is 0. The van der Waals surface area contributed by atoms with E-state index in [2.05, 4.69) is 5.32 Å². The lowest BCUT2D eigenvalue weighted by Gasteiger charge is -2.25. The van der Waals surface area contributed by atoms with Crippen LogP contribution >= 0.6 is 0 Å². The van der Waals surface area contributed by atoms with Crippen molar-refractivity contribution in [2.45, 2.75) is 39.3 Å². The van der Waals surface area contributed by atoms with Gasteiger partial charge in [-0.25, -0.2) is 0 Å². The number of aliphatic hydroxyl groups is 2. The fourth-order valence-electron chi connectivity index (χ4n) is 0.892. The Hall–Kier alpha value is -0.120. The van der Waals surface area contributed by atoms with E-state index in [9.17, 15) is 5.11 Å². The molecule has 1 unspecified atom stereocenters. The molecular weight excluding hydrogens is 154 g/mol. The minimum Gasteiger partial charge on any atom is -0.395 e. The van der Waals surface area contributed by atoms with Crippen molar-refractivity contribution in [1.82, 2.24) is 5.32 Å². The molecule has 3 nitrogen and oxygen atoms in total. The standard InChI is InChI=1S/C9H21NO2/c1-7(2)8(5-11)10-6-9(3,4)12/h7-8,10-12H,5-6H2,1-4H3. The fraction of sp³-hybridized carbons (Fsp3) is 1.00. The normalized spacial score (nSPS) is 15.2. The summed E-state index contributed by atoms with van der Waals surface area (Å²) < 4.78 is 0. The van der Waals surface area contributed by atoms with E-state index in [0.29, 0.717) is 12.5 Å². The van der Waals surface area contributed by atoms with Gasteiger partial charge in [0, 0.05) is 12.6 Å². The zero-order valence-electron chi connectivity index (χ0n) is 8.46. The Morgan fingerprint density at radius 3 is 2.08 bits per heavy atom. The molecule has 0 saturated carbocycles. The summed E-state index contributed by atoms with van der Waals surface area (Å²) >= 11 is 0. The van der Waals surface area contributed by atoms with Gasteiger partial charge in [-0.05, 0) is 19.8 Å². The van der Waals surface area contributed by atoms with Crippen molar-refractivity contribution in [3.63, 3.8) is 0 Å². The van der Waals surface area contributed by atoms with Crippen LogP contribution in [-0.2, 0) is 0 Å². The summed E-state index contributed by atoms with van der Waals surface area (Å²) in [6, 6.07) is 0.0800. The van der Waals surface area contributed by atoms with Gasteiger partial charge >= 0.3 is 0 Å². The zero-order chi connectivity index (χ0) is 9.78. The molecule has 0 spiro atoms. The number of rotatable bonds is 5. The van der Waals surface area contributed by atoms with Crippen LogP contribution < -0.4 is 5.32 Å². The first-order valence-corrected chi connectivity index (χ1v) is 4.43. The Labute approximate surface area is 74.8 Å². The molecule has 0 radical (unpaired) electrons. The zero-order valence-corrected chi connectivity index (χ0v) is 8.46. The Kier molecular flexibility index (Phi) is 4.75. The lowest BCUT2D eigenvalue weighted by Crippen LogP contribution is -2.44. The summed E-state index contributed by atoms with van der Waals surface area (Å²) in [5.41, 5.74) is -0.706. The smallest absolute Gasteiger partial charge is 0.0715 e. The Balaban J connectivity index is 3.73. The van der Waals surface area contributed by atoms with E-state index in [4.69, 9.17) is 5.11 Å². The van der Waals surface area contributed by atoms with Crippen molar-refractivity contribution in [3.05, 3.63) is 0 Å². The predicted molar refractivity (Wildman–Crippen MR) is 50.0 cm³/mol. The highest BCUT2D eigenvalue weighted by atomic mass is 16.3. The van der Waals surface area contributed by atoms with E-state index in [1.54, 1.807) is 13.8 Å². The molecule has 0 aromatic heterocycles. The number of hydrogen-bond donors (Lipinski definition) is 3. The molecular formula is C9H21NO2. The SMILES string of the molecule is CC(C)C(CO)NCC(C)(C)O. The summed E-state index contributed by atoms with van der Waals surface area (Å²) in [6.07, 6.45) is 0. The van der Waals surface area contributed by atoms with Crippen molar-refractivity contribution in [2.24, 2.45) is 5.92 Å². The second kappa shape index (κ2) is 4.80. The molecule has 0 aromatic rings. The van der Waals surface area contributed by atoms with Gasteiger partial charge in [-0.3, -0.25) is 0 Å². The molecule has 0 rings (SSSR count). The van der Waals surface area contributed by atoms with E-state index in [1.165, 1.54) is 0 Å². The lowest BCUT2D eigenvalue weighted by molar-refractivity contribution is 0.0695. The van der Waals surface area contributed by atoms with Crippen LogP contribution in [0.1, 0.15) is 27.7 Å². The number of hydrogen-bond acceptors (Lipinski definition) is 3. The van der Waals surface area contributed by atoms with Gasteiger partial charge < -0.3 is 15.5 Å². The summed E-state index contributed by atoms with van der Waals surface area (Å²) in [5.74, 6) is 0.386. The molecule has 3 heteroatoms. The first-order valence-electron chi connectivity index (χ1n) is 4.43. The second-order valence-electron chi connectivity index (χ2n) is 4.23. The monoisotopic (exact) mass is 175 g/mol. The molecule has 1 atom stereocenters. The molecule has 0 aliphatic heterocycles. The van der Waals surface area contributed by atoms with Gasteiger partial charge in [0.2, 0.25) is 0 Å². The van der Waals surface area contributed by atoms with Gasteiger partial charge in [-0.15, -0.1) is 0 Å². The number of aliphatic hydroxyl groups excluding tert-OH is 1. The van der Waals surface area contributed by atoms with E-state index in [0.717, 1.165) is 0 Å². The summed E-state index contributed by atoms with van der Waals surface area (Å²) in [5, 5.41) is 21.5. The van der Waals surface area contributed by atoms with Crippen LogP contribution in [0.4, 0.5) is 0 Å². The minimum atomic E-state index is -0.706. The number of nitrogens with one attached hydrogen (secondary N) is 1. The summed E-state index contributed by atoms with van der Waals surface area (Å²) in [4.78, 5) is 0. The maximum Gasteiger partial charge on any atom is 0.0715 e. The van der Waals surface area contributed by atoms with E-state index < -0.39 is 5.60 Å². The van der Waals surface area contributed by atoms with Crippen LogP contribution in [0.25, 0.3) is 0 Å². The molecule has 0 saturated heterocycles. The minimum absolute atomic E-state index is 0.0800. The Morgan fingerprint density at radius 2 is 1.83 bits per heavy atom. The van der Waals surface area contributed by atoms with E-state index in [-0.39, 0.29) is 12.6 Å². The fourth-order valence-corrected chi connectivity index (χ4v) is 0.892. The molecule has 12 heavy (non-hydrogen) atoms. The topological polar surface area (TPSA) is 52.5 Å². The molecule has 3 N–H and O–H groups in total. The highest BCUT2D eigenvalue weighted by Gasteiger charge is 2.17. The van der Waals surface area contributed by atoms with Gasteiger partial charge in [0.15, 0.2) is 0 Å². The lowest BCUT2D eigenvalue weighted by atomic mass is 10.0. The average molecular weight is 175 g/mol. The van der Waals surface area contributed by atoms with Crippen LogP contribution in [0.2, 0.25) is 0 Å². The second-order valence-corrected chi connectivity index (χ2v) is 4.23. The first kappa shape index (κ1) is 11.9. The maximum absolute atomic E-state index is 9.40. The predicted octanol–water partition coefficient (Wildman–Crippen LogP) is 0.364. The van der Waals surface area contributed by atoms with Gasteiger partial charge in [0.05, 0.1) is 12.2 Å². The molecule has 0 bridgehead atoms. The highest BCUT2D eigenvalue weighted by molar-refractivity contribution is 4.75. The first-order chi connectivity index (χ1) is 5.37. The van der Waals surface area contributed by atoms with Gasteiger partial charge in [-0.1, -0.05) is 13.8 Å². The van der Waals surface area contributed by atoms with Gasteiger partial charge in [0.1, 0.15) is 0 Å². The summed E-state index contributed by atoms with van der Waals surface area (Å²) in [6.45, 7) is 8.20. The maximum atomic E-state index is 9.40. The van der Waals surface area contributed by atoms with Gasteiger partial charge in [0.25, 0.3) is 0 Å². The Bertz CT molecular complexity index is 118. The van der Waals surface area contributed by atoms with Crippen LogP contribution in [0.3, 0.4) is 0 Å². The third kappa shape index (κ3) is 5.52. The third-order valence-electron chi connectivity index (χ3n) is 1.80. The molecule has 0 aliphatic rings. The highest BCUT2D eigenvalue weighted by Crippen LogP contribution is 2.03. The quantitative estimate of drug-likeness (QED) is 0.565. The molecule has 0 aliphatic carbocycles. The molecule has 0 aromatic carbocycles. The largest absolute Gasteiger partial charge is 0.395 e. The molecule has 0 amide bonds. The van der Waals surface area contributed by atoms with Crippen molar-refractivity contribution in [1.29, 1.82) is 0 Å². The Morgan fingerprint density at radius 1 is 1.33 bits per heavy atom. The molecule has 74 valence electrons. The van der Waals surface area contributed by atoms with Crippen molar-refractivity contribution in [2.75, 3.05) is 13.2 Å².